The summed E-state index contributed by atoms with van der Waals surface area (Å²) in [4.78, 5) is 24.0. The average molecular weight is 578 g/mol. The average Bonchev–Trinajstić information content (AvgIpc) is 2.81. The van der Waals surface area contributed by atoms with Crippen molar-refractivity contribution < 1.29 is 39.3 Å². The molecule has 0 amide bonds. The van der Waals surface area contributed by atoms with E-state index in [1.165, 1.54) is 89.9 Å². The first-order valence-corrected chi connectivity index (χ1v) is 15.7. The van der Waals surface area contributed by atoms with Crippen LogP contribution in [0.5, 0.6) is 0 Å². The van der Waals surface area contributed by atoms with Crippen molar-refractivity contribution in [1.82, 2.24) is 0 Å². The van der Waals surface area contributed by atoms with Gasteiger partial charge in [-0.2, -0.15) is 0 Å². The van der Waals surface area contributed by atoms with Crippen LogP contribution >= 0.6 is 11.8 Å². The first-order chi connectivity index (χ1) is 16.7. The smallest absolute Gasteiger partial charge is 0.549 e. The molecule has 0 aliphatic carbocycles. The Morgan fingerprint density at radius 1 is 0.500 bits per heavy atom. The summed E-state index contributed by atoms with van der Waals surface area (Å²) in [6.45, 7) is 7.74. The predicted molar refractivity (Wildman–Crippen MR) is 147 cm³/mol. The molecule has 0 bridgehead atoms. The second-order valence-electron chi connectivity index (χ2n) is 11.0. The van der Waals surface area contributed by atoms with Gasteiger partial charge in [-0.3, -0.25) is 0 Å². The Morgan fingerprint density at radius 3 is 0.944 bits per heavy atom. The molecule has 2 unspecified atom stereocenters. The van der Waals surface area contributed by atoms with Crippen LogP contribution in [0.1, 0.15) is 169 Å². The van der Waals surface area contributed by atoms with E-state index in [-0.39, 0.29) is 19.5 Å². The summed E-state index contributed by atoms with van der Waals surface area (Å²) in [5.41, 5.74) is 0. The molecule has 0 heterocycles. The van der Waals surface area contributed by atoms with Crippen molar-refractivity contribution in [3.8, 4) is 0 Å². The zero-order valence-corrected chi connectivity index (χ0v) is 28.1. The maximum absolute atomic E-state index is 12.0. The molecular weight excluding hydrogens is 522 g/mol. The van der Waals surface area contributed by atoms with Gasteiger partial charge < -0.3 is 19.8 Å². The molecule has 36 heavy (non-hydrogen) atoms. The molecule has 0 aliphatic heterocycles. The number of aliphatic carboxylic acids is 2. The van der Waals surface area contributed by atoms with Gasteiger partial charge in [0.05, 0.1) is 21.4 Å². The molecule has 0 spiro atoms. The third-order valence-electron chi connectivity index (χ3n) is 7.33. The number of hydrogen-bond donors (Lipinski definition) is 0. The van der Waals surface area contributed by atoms with Crippen molar-refractivity contribution in [2.75, 3.05) is 0 Å². The number of carbonyl (C=O) groups is 2. The normalized spacial score (nSPS) is 14.6. The van der Waals surface area contributed by atoms with E-state index in [9.17, 15) is 19.8 Å². The van der Waals surface area contributed by atoms with Crippen LogP contribution in [0.15, 0.2) is 0 Å². The van der Waals surface area contributed by atoms with E-state index in [1.54, 1.807) is 13.8 Å². The number of carboxylic acids is 2. The molecule has 208 valence electrons. The van der Waals surface area contributed by atoms with Crippen molar-refractivity contribution in [2.24, 2.45) is 0 Å². The van der Waals surface area contributed by atoms with Gasteiger partial charge in [0.1, 0.15) is 0 Å². The molecule has 0 aromatic heterocycles. The van der Waals surface area contributed by atoms with Gasteiger partial charge in [0.15, 0.2) is 0 Å². The second-order valence-corrected chi connectivity index (χ2v) is 13.0. The Morgan fingerprint density at radius 2 is 0.722 bits per heavy atom. The Bertz CT molecular complexity index is 499. The third-order valence-corrected chi connectivity index (χ3v) is 8.97. The summed E-state index contributed by atoms with van der Waals surface area (Å²) in [7, 11) is 0. The zero-order valence-electron chi connectivity index (χ0n) is 24.3. The summed E-state index contributed by atoms with van der Waals surface area (Å²) >= 11 is 1.05. The van der Waals surface area contributed by atoms with Crippen LogP contribution in [0.25, 0.3) is 0 Å². The summed E-state index contributed by atoms with van der Waals surface area (Å²) in [5, 5.41) is 24.0. The topological polar surface area (TPSA) is 80.3 Å². The van der Waals surface area contributed by atoms with Crippen LogP contribution in [-0.2, 0) is 29.1 Å². The molecule has 0 aliphatic rings. The number of thioether (sulfide) groups is 1. The third kappa shape index (κ3) is 19.1. The van der Waals surface area contributed by atoms with Crippen LogP contribution in [0.3, 0.4) is 0 Å². The Labute approximate surface area is 240 Å². The molecule has 0 aromatic carbocycles. The zero-order chi connectivity index (χ0) is 26.4. The SMILES string of the molecule is CCCCCCCCCCCCC(C)(SC(C)(CCCCCCCCCCCC)C(=O)[O-])C(=O)[O-].[Zn+2]. The fourth-order valence-corrected chi connectivity index (χ4v) is 6.44. The Hall–Kier alpha value is -0.0866. The monoisotopic (exact) mass is 576 g/mol. The number of carbonyl (C=O) groups excluding carboxylic acids is 2. The summed E-state index contributed by atoms with van der Waals surface area (Å²) in [6.07, 6.45) is 24.6. The van der Waals surface area contributed by atoms with E-state index in [0.717, 1.165) is 50.3 Å². The quantitative estimate of drug-likeness (QED) is 0.0792. The molecule has 2 atom stereocenters. The molecular formula is C30H56O4SZn. The molecule has 0 rings (SSSR count). The predicted octanol–water partition coefficient (Wildman–Crippen LogP) is 7.36. The molecule has 0 fully saturated rings. The molecule has 0 radical (unpaired) electrons. The Balaban J connectivity index is 0. The van der Waals surface area contributed by atoms with Crippen molar-refractivity contribution in [2.45, 2.75) is 178 Å². The van der Waals surface area contributed by atoms with E-state index in [4.69, 9.17) is 0 Å². The van der Waals surface area contributed by atoms with Crippen LogP contribution in [0.2, 0.25) is 0 Å². The summed E-state index contributed by atoms with van der Waals surface area (Å²) < 4.78 is -2.40. The van der Waals surface area contributed by atoms with Gasteiger partial charge in [-0.25, -0.2) is 0 Å². The molecule has 0 saturated heterocycles. The van der Waals surface area contributed by atoms with Crippen LogP contribution in [0.4, 0.5) is 0 Å². The van der Waals surface area contributed by atoms with E-state index < -0.39 is 21.4 Å². The minimum absolute atomic E-state index is 0. The minimum atomic E-state index is -1.20. The number of hydrogen-bond acceptors (Lipinski definition) is 5. The van der Waals surface area contributed by atoms with E-state index in [1.807, 2.05) is 0 Å². The molecule has 0 saturated carbocycles. The standard InChI is InChI=1S/C30H58O4S.Zn/c1-5-7-9-11-13-15-17-19-21-23-25-29(3,27(31)32)35-30(4,28(33)34)26-24-22-20-18-16-14-12-10-8-6-2;/h5-26H2,1-4H3,(H,31,32)(H,33,34);/q;+2/p-2. The fourth-order valence-electron chi connectivity index (χ4n) is 4.79. The van der Waals surface area contributed by atoms with E-state index in [2.05, 4.69) is 13.8 Å². The van der Waals surface area contributed by atoms with Crippen molar-refractivity contribution >= 4 is 23.7 Å². The largest absolute Gasteiger partial charge is 2.00 e. The Kier molecular flexibility index (Phi) is 25.4. The second kappa shape index (κ2) is 24.0. The van der Waals surface area contributed by atoms with Gasteiger partial charge in [-0.1, -0.05) is 142 Å². The van der Waals surface area contributed by atoms with Crippen molar-refractivity contribution in [3.05, 3.63) is 0 Å². The molecule has 0 aromatic rings. The van der Waals surface area contributed by atoms with Gasteiger partial charge >= 0.3 is 19.5 Å². The maximum Gasteiger partial charge on any atom is 2.00 e. The van der Waals surface area contributed by atoms with Crippen molar-refractivity contribution in [3.63, 3.8) is 0 Å². The molecule has 6 heteroatoms. The summed E-state index contributed by atoms with van der Waals surface area (Å²) in [6, 6.07) is 0. The van der Waals surface area contributed by atoms with Crippen LogP contribution < -0.4 is 10.2 Å². The van der Waals surface area contributed by atoms with Gasteiger partial charge in [-0.15, -0.1) is 11.8 Å². The van der Waals surface area contributed by atoms with Gasteiger partial charge in [0, 0.05) is 0 Å². The van der Waals surface area contributed by atoms with Gasteiger partial charge in [0.25, 0.3) is 0 Å². The van der Waals surface area contributed by atoms with Gasteiger partial charge in [-0.05, 0) is 26.7 Å². The first kappa shape index (κ1) is 38.1. The molecule has 0 N–H and O–H groups in total. The molecule has 4 nitrogen and oxygen atoms in total. The van der Waals surface area contributed by atoms with Crippen LogP contribution in [0, 0.1) is 0 Å². The number of carboxylic acid groups (broad SMARTS) is 2. The van der Waals surface area contributed by atoms with Gasteiger partial charge in [0.2, 0.25) is 0 Å². The van der Waals surface area contributed by atoms with E-state index in [0.29, 0.717) is 12.8 Å². The number of rotatable bonds is 26. The van der Waals surface area contributed by atoms with E-state index >= 15 is 0 Å². The fraction of sp³-hybridized carbons (Fsp3) is 0.933. The summed E-state index contributed by atoms with van der Waals surface area (Å²) in [5.74, 6) is -2.32. The first-order valence-electron chi connectivity index (χ1n) is 14.8. The van der Waals surface area contributed by atoms with Crippen molar-refractivity contribution in [1.29, 1.82) is 0 Å². The maximum atomic E-state index is 12.0. The minimum Gasteiger partial charge on any atom is -0.549 e. The number of unbranched alkanes of at least 4 members (excludes halogenated alkanes) is 18. The van der Waals surface area contributed by atoms with Crippen LogP contribution in [-0.4, -0.2) is 21.4 Å².